The number of carbonyl (C=O) groups excluding carboxylic acids is 1. The Morgan fingerprint density at radius 2 is 1.83 bits per heavy atom. The van der Waals surface area contributed by atoms with E-state index in [4.69, 9.17) is 9.84 Å². The van der Waals surface area contributed by atoms with Gasteiger partial charge in [-0.25, -0.2) is 4.79 Å². The molecule has 120 valence electrons. The van der Waals surface area contributed by atoms with Crippen LogP contribution in [0.1, 0.15) is 15.9 Å². The third-order valence-electron chi connectivity index (χ3n) is 3.20. The van der Waals surface area contributed by atoms with Crippen LogP contribution in [0.5, 0.6) is 5.75 Å². The molecule has 0 unspecified atom stereocenters. The second-order valence-electron chi connectivity index (χ2n) is 4.74. The highest BCUT2D eigenvalue weighted by atomic mass is 16.5. The van der Waals surface area contributed by atoms with E-state index in [1.54, 1.807) is 42.5 Å². The van der Waals surface area contributed by atoms with E-state index in [-0.39, 0.29) is 16.7 Å². The maximum absolute atomic E-state index is 12.2. The topological polar surface area (TPSA) is 99.4 Å². The van der Waals surface area contributed by atoms with E-state index in [0.29, 0.717) is 11.4 Å². The van der Waals surface area contributed by atoms with E-state index in [9.17, 15) is 14.9 Å². The number of rotatable bonds is 5. The lowest BCUT2D eigenvalue weighted by Crippen LogP contribution is -2.13. The van der Waals surface area contributed by atoms with Crippen molar-refractivity contribution in [3.63, 3.8) is 0 Å². The van der Waals surface area contributed by atoms with Gasteiger partial charge in [-0.1, -0.05) is 18.2 Å². The zero-order chi connectivity index (χ0) is 17.5. The number of aromatic carboxylic acids is 1. The highest BCUT2D eigenvalue weighted by Gasteiger charge is 2.13. The number of ether oxygens (including phenoxy) is 1. The zero-order valence-corrected chi connectivity index (χ0v) is 12.8. The summed E-state index contributed by atoms with van der Waals surface area (Å²) in [7, 11) is 1.53. The van der Waals surface area contributed by atoms with Gasteiger partial charge in [0.1, 0.15) is 17.4 Å². The summed E-state index contributed by atoms with van der Waals surface area (Å²) in [5, 5.41) is 20.9. The number of benzene rings is 2. The van der Waals surface area contributed by atoms with Crippen LogP contribution in [0, 0.1) is 11.3 Å². The van der Waals surface area contributed by atoms with Gasteiger partial charge in [0, 0.05) is 5.69 Å². The van der Waals surface area contributed by atoms with E-state index < -0.39 is 11.9 Å². The molecular formula is C18H14N2O4. The van der Waals surface area contributed by atoms with Crippen molar-refractivity contribution >= 4 is 23.6 Å². The van der Waals surface area contributed by atoms with Crippen LogP contribution >= 0.6 is 0 Å². The van der Waals surface area contributed by atoms with Crippen molar-refractivity contribution in [2.45, 2.75) is 0 Å². The molecule has 0 spiro atoms. The summed E-state index contributed by atoms with van der Waals surface area (Å²) in [5.74, 6) is -1.11. The molecule has 6 heteroatoms. The molecule has 2 aromatic carbocycles. The van der Waals surface area contributed by atoms with Gasteiger partial charge in [-0.2, -0.15) is 5.26 Å². The van der Waals surface area contributed by atoms with Crippen molar-refractivity contribution in [3.05, 3.63) is 65.2 Å². The minimum atomic E-state index is -1.13. The summed E-state index contributed by atoms with van der Waals surface area (Å²) in [6, 6.07) is 14.5. The maximum Gasteiger partial charge on any atom is 0.336 e. The van der Waals surface area contributed by atoms with E-state index in [1.165, 1.54) is 25.3 Å². The van der Waals surface area contributed by atoms with Gasteiger partial charge in [-0.15, -0.1) is 0 Å². The average molecular weight is 322 g/mol. The summed E-state index contributed by atoms with van der Waals surface area (Å²) in [6.07, 6.45) is 1.25. The highest BCUT2D eigenvalue weighted by molar-refractivity contribution is 6.10. The van der Waals surface area contributed by atoms with Crippen molar-refractivity contribution in [2.75, 3.05) is 12.4 Å². The summed E-state index contributed by atoms with van der Waals surface area (Å²) in [5.41, 5.74) is 0.599. The maximum atomic E-state index is 12.2. The van der Waals surface area contributed by atoms with Crippen molar-refractivity contribution in [3.8, 4) is 11.8 Å². The number of carboxylic acid groups (broad SMARTS) is 1. The van der Waals surface area contributed by atoms with E-state index in [2.05, 4.69) is 5.32 Å². The third-order valence-corrected chi connectivity index (χ3v) is 3.20. The predicted molar refractivity (Wildman–Crippen MR) is 88.6 cm³/mol. The van der Waals surface area contributed by atoms with Gasteiger partial charge in [0.05, 0.1) is 12.7 Å². The monoisotopic (exact) mass is 322 g/mol. The van der Waals surface area contributed by atoms with Crippen LogP contribution in [-0.2, 0) is 4.79 Å². The van der Waals surface area contributed by atoms with Gasteiger partial charge in [0.2, 0.25) is 0 Å². The van der Waals surface area contributed by atoms with Crippen molar-refractivity contribution in [1.29, 1.82) is 5.26 Å². The quantitative estimate of drug-likeness (QED) is 0.651. The number of anilines is 1. The predicted octanol–water partition coefficient (Wildman–Crippen LogP) is 2.94. The minimum Gasteiger partial charge on any atom is -0.497 e. The lowest BCUT2D eigenvalue weighted by molar-refractivity contribution is -0.112. The smallest absolute Gasteiger partial charge is 0.336 e. The number of hydrogen-bond acceptors (Lipinski definition) is 4. The summed E-state index contributed by atoms with van der Waals surface area (Å²) >= 11 is 0. The van der Waals surface area contributed by atoms with Crippen LogP contribution in [0.3, 0.4) is 0 Å². The normalized spacial score (nSPS) is 10.6. The lowest BCUT2D eigenvalue weighted by Gasteiger charge is -2.06. The molecule has 0 bridgehead atoms. The zero-order valence-electron chi connectivity index (χ0n) is 12.8. The van der Waals surface area contributed by atoms with Crippen LogP contribution < -0.4 is 10.1 Å². The Bertz CT molecular complexity index is 833. The molecule has 2 aromatic rings. The molecule has 0 saturated heterocycles. The molecule has 0 aliphatic heterocycles. The standard InChI is InChI=1S/C18H14N2O4/c1-24-15-8-6-14(7-9-15)20-17(21)13(11-19)10-12-4-2-3-5-16(12)18(22)23/h2-10H,1H3,(H,20,21)(H,22,23)/b13-10-. The summed E-state index contributed by atoms with van der Waals surface area (Å²) in [6.45, 7) is 0. The minimum absolute atomic E-state index is 0.0162. The molecule has 0 aliphatic rings. The number of hydrogen-bond donors (Lipinski definition) is 2. The number of nitriles is 1. The molecular weight excluding hydrogens is 308 g/mol. The van der Waals surface area contributed by atoms with Crippen LogP contribution in [0.4, 0.5) is 5.69 Å². The van der Waals surface area contributed by atoms with E-state index in [1.807, 2.05) is 0 Å². The van der Waals surface area contributed by atoms with Crippen LogP contribution in [0.15, 0.2) is 54.1 Å². The molecule has 2 N–H and O–H groups in total. The summed E-state index contributed by atoms with van der Waals surface area (Å²) < 4.78 is 5.03. The fourth-order valence-electron chi connectivity index (χ4n) is 1.99. The van der Waals surface area contributed by atoms with Gasteiger partial charge < -0.3 is 15.2 Å². The van der Waals surface area contributed by atoms with Crippen LogP contribution in [0.25, 0.3) is 6.08 Å². The Morgan fingerprint density at radius 3 is 2.42 bits per heavy atom. The SMILES string of the molecule is COc1ccc(NC(=O)/C(C#N)=C\c2ccccc2C(=O)O)cc1. The third kappa shape index (κ3) is 3.99. The Labute approximate surface area is 138 Å². The molecule has 1 amide bonds. The number of methoxy groups -OCH3 is 1. The Morgan fingerprint density at radius 1 is 1.17 bits per heavy atom. The second-order valence-corrected chi connectivity index (χ2v) is 4.74. The van der Waals surface area contributed by atoms with Gasteiger partial charge in [0.15, 0.2) is 0 Å². The van der Waals surface area contributed by atoms with Crippen LogP contribution in [-0.4, -0.2) is 24.1 Å². The molecule has 0 heterocycles. The highest BCUT2D eigenvalue weighted by Crippen LogP contribution is 2.17. The molecule has 6 nitrogen and oxygen atoms in total. The fourth-order valence-corrected chi connectivity index (χ4v) is 1.99. The molecule has 2 rings (SSSR count). The van der Waals surface area contributed by atoms with Gasteiger partial charge >= 0.3 is 5.97 Å². The van der Waals surface area contributed by atoms with Crippen LogP contribution in [0.2, 0.25) is 0 Å². The first kappa shape index (κ1) is 16.8. The molecule has 0 atom stereocenters. The molecule has 0 aromatic heterocycles. The number of nitrogens with zero attached hydrogens (tertiary/aromatic N) is 1. The first-order valence-electron chi connectivity index (χ1n) is 6.94. The fraction of sp³-hybridized carbons (Fsp3) is 0.0556. The van der Waals surface area contributed by atoms with Gasteiger partial charge in [-0.05, 0) is 42.0 Å². The number of amides is 1. The van der Waals surface area contributed by atoms with Crippen molar-refractivity contribution in [2.24, 2.45) is 0 Å². The average Bonchev–Trinajstić information content (AvgIpc) is 2.60. The lowest BCUT2D eigenvalue weighted by atomic mass is 10.0. The largest absolute Gasteiger partial charge is 0.497 e. The second kappa shape index (κ2) is 7.61. The van der Waals surface area contributed by atoms with Gasteiger partial charge in [0.25, 0.3) is 5.91 Å². The molecule has 0 saturated carbocycles. The number of carbonyl (C=O) groups is 2. The molecule has 0 radical (unpaired) electrons. The van der Waals surface area contributed by atoms with E-state index in [0.717, 1.165) is 0 Å². The Balaban J connectivity index is 2.26. The summed E-state index contributed by atoms with van der Waals surface area (Å²) in [4.78, 5) is 23.4. The number of carboxylic acids is 1. The number of nitrogens with one attached hydrogen (secondary N) is 1. The Hall–Kier alpha value is -3.59. The van der Waals surface area contributed by atoms with E-state index >= 15 is 0 Å². The van der Waals surface area contributed by atoms with Crippen molar-refractivity contribution < 1.29 is 19.4 Å². The van der Waals surface area contributed by atoms with Gasteiger partial charge in [-0.3, -0.25) is 4.79 Å². The van der Waals surface area contributed by atoms with Crippen molar-refractivity contribution in [1.82, 2.24) is 0 Å². The molecule has 0 aliphatic carbocycles. The first-order valence-corrected chi connectivity index (χ1v) is 6.94. The Kier molecular flexibility index (Phi) is 5.32. The molecule has 0 fully saturated rings. The first-order chi connectivity index (χ1) is 11.5. The molecule has 24 heavy (non-hydrogen) atoms.